The summed E-state index contributed by atoms with van der Waals surface area (Å²) >= 11 is 0. The highest BCUT2D eigenvalue weighted by Crippen LogP contribution is 2.26. The number of hydrogen-bond donors (Lipinski definition) is 0. The Kier molecular flexibility index (Phi) is 1.57. The lowest BCUT2D eigenvalue weighted by Crippen LogP contribution is -2.09. The summed E-state index contributed by atoms with van der Waals surface area (Å²) in [5.41, 5.74) is 2.58. The Labute approximate surface area is 67.0 Å². The second kappa shape index (κ2) is 2.57. The van der Waals surface area contributed by atoms with E-state index in [-0.39, 0.29) is 0 Å². The molecule has 0 spiro atoms. The van der Waals surface area contributed by atoms with Crippen LogP contribution in [-0.4, -0.2) is 6.61 Å². The van der Waals surface area contributed by atoms with E-state index in [4.69, 9.17) is 4.74 Å². The first-order valence-electron chi connectivity index (χ1n) is 4.01. The summed E-state index contributed by atoms with van der Waals surface area (Å²) in [6.07, 6.45) is 2.30. The van der Waals surface area contributed by atoms with Crippen molar-refractivity contribution in [2.45, 2.75) is 19.8 Å². The lowest BCUT2D eigenvalue weighted by molar-refractivity contribution is 0.288. The molecule has 1 aromatic rings. The van der Waals surface area contributed by atoms with Gasteiger partial charge in [-0.15, -0.1) is 0 Å². The quantitative estimate of drug-likeness (QED) is 0.546. The van der Waals surface area contributed by atoms with Crippen LogP contribution in [0.3, 0.4) is 0 Å². The highest BCUT2D eigenvalue weighted by molar-refractivity contribution is 5.39. The van der Waals surface area contributed by atoms with E-state index in [2.05, 4.69) is 13.0 Å². The summed E-state index contributed by atoms with van der Waals surface area (Å²) in [6.45, 7) is 2.96. The molecule has 0 saturated heterocycles. The molecular formula is C10H11O. The number of rotatable bonds is 0. The fourth-order valence-electron chi connectivity index (χ4n) is 1.49. The van der Waals surface area contributed by atoms with Gasteiger partial charge in [0.05, 0.1) is 6.61 Å². The molecule has 0 saturated carbocycles. The SMILES string of the molecule is Cc1[c]ccc2c1CCCO2. The largest absolute Gasteiger partial charge is 0.493 e. The van der Waals surface area contributed by atoms with Gasteiger partial charge in [0.25, 0.3) is 0 Å². The molecule has 1 aliphatic rings. The fraction of sp³-hybridized carbons (Fsp3) is 0.400. The van der Waals surface area contributed by atoms with E-state index in [0.29, 0.717) is 0 Å². The monoisotopic (exact) mass is 147 g/mol. The van der Waals surface area contributed by atoms with Crippen molar-refractivity contribution in [3.05, 3.63) is 29.3 Å². The first-order chi connectivity index (χ1) is 5.38. The Morgan fingerprint density at radius 2 is 2.45 bits per heavy atom. The molecule has 1 radical (unpaired) electrons. The molecule has 0 unspecified atom stereocenters. The summed E-state index contributed by atoms with van der Waals surface area (Å²) < 4.78 is 5.48. The van der Waals surface area contributed by atoms with E-state index in [0.717, 1.165) is 25.2 Å². The van der Waals surface area contributed by atoms with Gasteiger partial charge in [-0.05, 0) is 43.0 Å². The molecule has 0 aromatic heterocycles. The van der Waals surface area contributed by atoms with Crippen molar-refractivity contribution in [3.8, 4) is 5.75 Å². The predicted octanol–water partition coefficient (Wildman–Crippen LogP) is 2.12. The normalized spacial score (nSPS) is 15.4. The van der Waals surface area contributed by atoms with Crippen LogP contribution in [0.5, 0.6) is 5.75 Å². The van der Waals surface area contributed by atoms with Crippen LogP contribution in [0.25, 0.3) is 0 Å². The summed E-state index contributed by atoms with van der Waals surface area (Å²) in [7, 11) is 0. The van der Waals surface area contributed by atoms with Gasteiger partial charge in [-0.2, -0.15) is 0 Å². The van der Waals surface area contributed by atoms with Crippen molar-refractivity contribution in [2.75, 3.05) is 6.61 Å². The van der Waals surface area contributed by atoms with E-state index in [9.17, 15) is 0 Å². The minimum absolute atomic E-state index is 0.871. The molecule has 0 N–H and O–H groups in total. The molecule has 2 rings (SSSR count). The van der Waals surface area contributed by atoms with E-state index in [1.807, 2.05) is 12.1 Å². The third kappa shape index (κ3) is 1.11. The minimum atomic E-state index is 0.871. The summed E-state index contributed by atoms with van der Waals surface area (Å²) in [5, 5.41) is 0. The lowest BCUT2D eigenvalue weighted by Gasteiger charge is -2.18. The first kappa shape index (κ1) is 6.71. The predicted molar refractivity (Wildman–Crippen MR) is 43.8 cm³/mol. The molecule has 0 atom stereocenters. The lowest BCUT2D eigenvalue weighted by atomic mass is 10.0. The maximum absolute atomic E-state index is 5.48. The Bertz CT molecular complexity index is 266. The third-order valence-electron chi connectivity index (χ3n) is 2.11. The van der Waals surface area contributed by atoms with Gasteiger partial charge in [-0.3, -0.25) is 0 Å². The van der Waals surface area contributed by atoms with Gasteiger partial charge in [0.1, 0.15) is 5.75 Å². The third-order valence-corrected chi connectivity index (χ3v) is 2.11. The van der Waals surface area contributed by atoms with Crippen LogP contribution in [0.2, 0.25) is 0 Å². The van der Waals surface area contributed by atoms with Crippen LogP contribution in [0, 0.1) is 13.0 Å². The van der Waals surface area contributed by atoms with Crippen LogP contribution in [-0.2, 0) is 6.42 Å². The summed E-state index contributed by atoms with van der Waals surface area (Å²) in [6, 6.07) is 7.11. The Morgan fingerprint density at radius 1 is 1.55 bits per heavy atom. The highest BCUT2D eigenvalue weighted by atomic mass is 16.5. The summed E-state index contributed by atoms with van der Waals surface area (Å²) in [4.78, 5) is 0. The number of fused-ring (bicyclic) bond motifs is 1. The average Bonchev–Trinajstić information content (AvgIpc) is 2.06. The van der Waals surface area contributed by atoms with Crippen molar-refractivity contribution in [1.29, 1.82) is 0 Å². The van der Waals surface area contributed by atoms with E-state index < -0.39 is 0 Å². The summed E-state index contributed by atoms with van der Waals surface area (Å²) in [5.74, 6) is 1.06. The average molecular weight is 147 g/mol. The topological polar surface area (TPSA) is 9.23 Å². The zero-order valence-corrected chi connectivity index (χ0v) is 6.68. The Morgan fingerprint density at radius 3 is 3.27 bits per heavy atom. The second-order valence-corrected chi connectivity index (χ2v) is 2.90. The van der Waals surface area contributed by atoms with Gasteiger partial charge in [-0.25, -0.2) is 0 Å². The molecule has 1 heterocycles. The molecule has 1 nitrogen and oxygen atoms in total. The van der Waals surface area contributed by atoms with Gasteiger partial charge in [-0.1, -0.05) is 6.07 Å². The fourth-order valence-corrected chi connectivity index (χ4v) is 1.49. The molecule has 11 heavy (non-hydrogen) atoms. The van der Waals surface area contributed by atoms with Crippen molar-refractivity contribution < 1.29 is 4.74 Å². The zero-order valence-electron chi connectivity index (χ0n) is 6.68. The van der Waals surface area contributed by atoms with Gasteiger partial charge in [0.15, 0.2) is 0 Å². The molecule has 57 valence electrons. The van der Waals surface area contributed by atoms with Crippen molar-refractivity contribution in [1.82, 2.24) is 0 Å². The zero-order chi connectivity index (χ0) is 7.68. The molecule has 0 bridgehead atoms. The van der Waals surface area contributed by atoms with E-state index in [1.54, 1.807) is 0 Å². The maximum atomic E-state index is 5.48. The van der Waals surface area contributed by atoms with Crippen LogP contribution in [0.1, 0.15) is 17.5 Å². The van der Waals surface area contributed by atoms with E-state index >= 15 is 0 Å². The maximum Gasteiger partial charge on any atom is 0.122 e. The van der Waals surface area contributed by atoms with Crippen LogP contribution < -0.4 is 4.74 Å². The molecular weight excluding hydrogens is 136 g/mol. The smallest absolute Gasteiger partial charge is 0.122 e. The van der Waals surface area contributed by atoms with Crippen LogP contribution in [0.4, 0.5) is 0 Å². The van der Waals surface area contributed by atoms with Crippen LogP contribution in [0.15, 0.2) is 12.1 Å². The Balaban J connectivity index is 2.49. The minimum Gasteiger partial charge on any atom is -0.493 e. The standard InChI is InChI=1S/C10H11O/c1-8-4-2-6-10-9(8)5-3-7-11-10/h2,6H,3,5,7H2,1H3. The van der Waals surface area contributed by atoms with Crippen molar-refractivity contribution >= 4 is 0 Å². The van der Waals surface area contributed by atoms with Crippen molar-refractivity contribution in [3.63, 3.8) is 0 Å². The van der Waals surface area contributed by atoms with E-state index in [1.165, 1.54) is 11.1 Å². The van der Waals surface area contributed by atoms with Crippen molar-refractivity contribution in [2.24, 2.45) is 0 Å². The molecule has 1 aromatic carbocycles. The number of aryl methyl sites for hydroxylation is 1. The number of hydrogen-bond acceptors (Lipinski definition) is 1. The molecule has 1 heteroatoms. The Hall–Kier alpha value is -0.980. The first-order valence-corrected chi connectivity index (χ1v) is 4.01. The second-order valence-electron chi connectivity index (χ2n) is 2.90. The number of ether oxygens (including phenoxy) is 1. The molecule has 0 aliphatic carbocycles. The molecule has 0 amide bonds. The van der Waals surface area contributed by atoms with Gasteiger partial charge in [0, 0.05) is 0 Å². The highest BCUT2D eigenvalue weighted by Gasteiger charge is 2.10. The van der Waals surface area contributed by atoms with Crippen LogP contribution >= 0.6 is 0 Å². The molecule has 1 aliphatic heterocycles. The van der Waals surface area contributed by atoms with Gasteiger partial charge < -0.3 is 4.74 Å². The molecule has 0 fully saturated rings. The number of benzene rings is 1. The van der Waals surface area contributed by atoms with Gasteiger partial charge >= 0.3 is 0 Å². The van der Waals surface area contributed by atoms with Gasteiger partial charge in [0.2, 0.25) is 0 Å².